The minimum absolute atomic E-state index is 0.0903. The van der Waals surface area contributed by atoms with Crippen LogP contribution in [0.1, 0.15) is 66.2 Å². The van der Waals surface area contributed by atoms with Crippen molar-refractivity contribution in [1.82, 2.24) is 37.2 Å². The highest BCUT2D eigenvalue weighted by atomic mass is 32.1. The van der Waals surface area contributed by atoms with Crippen LogP contribution in [0.4, 0.5) is 0 Å². The van der Waals surface area contributed by atoms with Gasteiger partial charge in [-0.2, -0.15) is 25.3 Å². The molecule has 17 N–H and O–H groups in total. The summed E-state index contributed by atoms with van der Waals surface area (Å²) in [5.74, 6) is -12.6. The summed E-state index contributed by atoms with van der Waals surface area (Å²) in [5, 5.41) is 55.2. The maximum absolute atomic E-state index is 13.5. The molecule has 0 unspecified atom stereocenters. The standard InChI is InChI=1S/C34H60N10O14S2/c1-14(2)9-18(29(52)43-26(16(4)46)33(56)42-21(12-59)30(53)40-20(34(57)58)10-23(37)47)39-32(55)25(15(3)45)44-31(54)22(13-60)41-28(51)19(11-24(48)49)38-27(50)17(36)7-5-6-8-35/h14-22,25-26,45-46,59-60H,5-13,35-36H2,1-4H3,(H2,37,47)(H,38,50)(H,39,55)(H,40,53)(H,41,51)(H,42,56)(H,43,52)(H,44,54)(H,48,49)(H,57,58)/t15-,16-,17+,18+,19+,20+,21+,22+,25+,26+/m1/s1. The number of thiol groups is 2. The number of carboxylic acid groups (broad SMARTS) is 2. The first-order valence-corrected chi connectivity index (χ1v) is 20.1. The van der Waals surface area contributed by atoms with Gasteiger partial charge in [-0.1, -0.05) is 20.3 Å². The second-order valence-electron chi connectivity index (χ2n) is 14.3. The Morgan fingerprint density at radius 3 is 1.35 bits per heavy atom. The molecule has 0 radical (unpaired) electrons. The molecule has 10 atom stereocenters. The largest absolute Gasteiger partial charge is 0.481 e. The number of unbranched alkanes of at least 4 members (excludes halogenated alkanes) is 1. The summed E-state index contributed by atoms with van der Waals surface area (Å²) in [6, 6.07) is -12.6. The van der Waals surface area contributed by atoms with Crippen LogP contribution in [0.5, 0.6) is 0 Å². The van der Waals surface area contributed by atoms with E-state index in [1.54, 1.807) is 13.8 Å². The zero-order valence-corrected chi connectivity index (χ0v) is 35.5. The lowest BCUT2D eigenvalue weighted by atomic mass is 10.0. The van der Waals surface area contributed by atoms with Crippen molar-refractivity contribution in [2.24, 2.45) is 23.1 Å². The van der Waals surface area contributed by atoms with Gasteiger partial charge in [0, 0.05) is 11.5 Å². The zero-order valence-electron chi connectivity index (χ0n) is 33.7. The van der Waals surface area contributed by atoms with Crippen LogP contribution in [-0.4, -0.2) is 158 Å². The highest BCUT2D eigenvalue weighted by Gasteiger charge is 2.37. The van der Waals surface area contributed by atoms with Crippen LogP contribution < -0.4 is 54.4 Å². The number of aliphatic carboxylic acids is 2. The molecule has 0 saturated heterocycles. The zero-order chi connectivity index (χ0) is 46.4. The van der Waals surface area contributed by atoms with Crippen LogP contribution in [0.2, 0.25) is 0 Å². The highest BCUT2D eigenvalue weighted by Crippen LogP contribution is 2.09. The molecule has 0 spiro atoms. The maximum Gasteiger partial charge on any atom is 0.326 e. The van der Waals surface area contributed by atoms with Crippen molar-refractivity contribution >= 4 is 84.5 Å². The third-order valence-corrected chi connectivity index (χ3v) is 9.16. The van der Waals surface area contributed by atoms with Crippen LogP contribution in [0.3, 0.4) is 0 Å². The molecule has 342 valence electrons. The van der Waals surface area contributed by atoms with E-state index in [0.717, 1.165) is 13.8 Å². The molecule has 0 aromatic rings. The second kappa shape index (κ2) is 27.9. The summed E-state index contributed by atoms with van der Waals surface area (Å²) in [4.78, 5) is 126. The number of nitrogens with two attached hydrogens (primary N) is 3. The van der Waals surface area contributed by atoms with Gasteiger partial charge in [-0.15, -0.1) is 0 Å². The van der Waals surface area contributed by atoms with Gasteiger partial charge in [-0.25, -0.2) is 4.79 Å². The van der Waals surface area contributed by atoms with E-state index in [9.17, 15) is 68.4 Å². The molecular weight excluding hydrogens is 837 g/mol. The maximum atomic E-state index is 13.5. The van der Waals surface area contributed by atoms with Crippen LogP contribution in [0.25, 0.3) is 0 Å². The van der Waals surface area contributed by atoms with Crippen molar-refractivity contribution in [3.8, 4) is 0 Å². The number of amides is 8. The van der Waals surface area contributed by atoms with Crippen molar-refractivity contribution in [3.63, 3.8) is 0 Å². The number of aliphatic hydroxyl groups is 2. The van der Waals surface area contributed by atoms with Gasteiger partial charge in [0.15, 0.2) is 0 Å². The molecule has 0 rings (SSSR count). The Hall–Kier alpha value is -4.76. The number of carbonyl (C=O) groups is 10. The number of carbonyl (C=O) groups excluding carboxylic acids is 8. The molecule has 60 heavy (non-hydrogen) atoms. The number of hydrogen-bond donors (Lipinski definition) is 16. The molecule has 0 aliphatic rings. The Balaban J connectivity index is 6.06. The van der Waals surface area contributed by atoms with E-state index in [0.29, 0.717) is 19.4 Å². The van der Waals surface area contributed by atoms with Crippen molar-refractivity contribution in [2.45, 2.75) is 127 Å². The van der Waals surface area contributed by atoms with Crippen molar-refractivity contribution in [1.29, 1.82) is 0 Å². The van der Waals surface area contributed by atoms with Crippen LogP contribution >= 0.6 is 25.3 Å². The number of rotatable bonds is 29. The number of hydrogen-bond acceptors (Lipinski definition) is 16. The normalized spacial score (nSPS) is 16.1. The van der Waals surface area contributed by atoms with E-state index in [2.05, 4.69) is 57.2 Å². The predicted molar refractivity (Wildman–Crippen MR) is 219 cm³/mol. The topological polar surface area (TPSA) is 414 Å². The molecular formula is C34H60N10O14S2. The van der Waals surface area contributed by atoms with E-state index >= 15 is 0 Å². The first-order valence-electron chi connectivity index (χ1n) is 18.8. The van der Waals surface area contributed by atoms with Crippen LogP contribution in [0.15, 0.2) is 0 Å². The first-order chi connectivity index (χ1) is 27.9. The van der Waals surface area contributed by atoms with Gasteiger partial charge in [-0.3, -0.25) is 43.2 Å². The lowest BCUT2D eigenvalue weighted by molar-refractivity contribution is -0.143. The highest BCUT2D eigenvalue weighted by molar-refractivity contribution is 7.80. The smallest absolute Gasteiger partial charge is 0.326 e. The Labute approximate surface area is 357 Å². The number of aliphatic hydroxyl groups excluding tert-OH is 2. The van der Waals surface area contributed by atoms with Gasteiger partial charge in [0.25, 0.3) is 0 Å². The van der Waals surface area contributed by atoms with Crippen LogP contribution in [0, 0.1) is 5.92 Å². The summed E-state index contributed by atoms with van der Waals surface area (Å²) in [6.45, 7) is 5.95. The second-order valence-corrected chi connectivity index (χ2v) is 15.0. The van der Waals surface area contributed by atoms with E-state index in [1.807, 2.05) is 5.32 Å². The fourth-order valence-electron chi connectivity index (χ4n) is 5.18. The summed E-state index contributed by atoms with van der Waals surface area (Å²) in [7, 11) is 0. The van der Waals surface area contributed by atoms with E-state index in [4.69, 9.17) is 17.2 Å². The number of carboxylic acids is 2. The number of nitrogens with one attached hydrogen (secondary N) is 7. The van der Waals surface area contributed by atoms with Crippen molar-refractivity contribution in [2.75, 3.05) is 18.1 Å². The lowest BCUT2D eigenvalue weighted by Crippen LogP contribution is -2.63. The average molecular weight is 897 g/mol. The van der Waals surface area contributed by atoms with E-state index in [1.165, 1.54) is 0 Å². The fraction of sp³-hybridized carbons (Fsp3) is 0.706. The third-order valence-electron chi connectivity index (χ3n) is 8.43. The van der Waals surface area contributed by atoms with Gasteiger partial charge >= 0.3 is 11.9 Å². The monoisotopic (exact) mass is 896 g/mol. The molecule has 0 bridgehead atoms. The predicted octanol–water partition coefficient (Wildman–Crippen LogP) is -6.06. The molecule has 24 nitrogen and oxygen atoms in total. The van der Waals surface area contributed by atoms with Crippen LogP contribution in [-0.2, 0) is 47.9 Å². The van der Waals surface area contributed by atoms with E-state index < -0.39 is 144 Å². The minimum Gasteiger partial charge on any atom is -0.481 e. The summed E-state index contributed by atoms with van der Waals surface area (Å²) in [5.41, 5.74) is 16.3. The lowest BCUT2D eigenvalue weighted by Gasteiger charge is -2.29. The molecule has 0 aromatic heterocycles. The minimum atomic E-state index is -1.78. The Kier molecular flexibility index (Phi) is 25.7. The fourth-order valence-corrected chi connectivity index (χ4v) is 5.69. The van der Waals surface area contributed by atoms with E-state index in [-0.39, 0.29) is 18.8 Å². The Morgan fingerprint density at radius 1 is 0.550 bits per heavy atom. The van der Waals surface area contributed by atoms with Gasteiger partial charge in [0.2, 0.25) is 47.3 Å². The molecule has 0 aromatic carbocycles. The number of primary amides is 1. The Morgan fingerprint density at radius 2 is 0.950 bits per heavy atom. The molecule has 0 aliphatic heterocycles. The SMILES string of the molecule is CC(C)C[C@H](NC(=O)[C@@H](NC(=O)[C@H](CS)NC(=O)[C@H](CC(=O)O)NC(=O)[C@@H](N)CCCCN)[C@@H](C)O)C(=O)N[C@H](C(=O)N[C@@H](CS)C(=O)N[C@@H](CC(N)=O)C(=O)O)[C@@H](C)O. The van der Waals surface area contributed by atoms with Crippen molar-refractivity contribution in [3.05, 3.63) is 0 Å². The molecule has 8 amide bonds. The third kappa shape index (κ3) is 20.5. The quantitative estimate of drug-likeness (QED) is 0.0245. The average Bonchev–Trinajstić information content (AvgIpc) is 3.14. The first kappa shape index (κ1) is 55.2. The van der Waals surface area contributed by atoms with Gasteiger partial charge in [0.1, 0.15) is 42.3 Å². The molecule has 0 saturated carbocycles. The molecule has 0 aliphatic carbocycles. The van der Waals surface area contributed by atoms with Gasteiger partial charge in [0.05, 0.1) is 31.1 Å². The molecule has 26 heteroatoms. The Bertz CT molecular complexity index is 1520. The summed E-state index contributed by atoms with van der Waals surface area (Å²) in [6.07, 6.45) is -3.73. The van der Waals surface area contributed by atoms with Crippen molar-refractivity contribution < 1.29 is 68.4 Å². The summed E-state index contributed by atoms with van der Waals surface area (Å²) < 4.78 is 0. The van der Waals surface area contributed by atoms with Gasteiger partial charge < -0.3 is 74.8 Å². The van der Waals surface area contributed by atoms with Gasteiger partial charge in [-0.05, 0) is 45.6 Å². The summed E-state index contributed by atoms with van der Waals surface area (Å²) >= 11 is 8.04. The molecule has 0 heterocycles. The molecule has 0 fully saturated rings.